The van der Waals surface area contributed by atoms with Crippen LogP contribution >= 0.6 is 0 Å². The van der Waals surface area contributed by atoms with E-state index in [1.807, 2.05) is 30.3 Å². The molecule has 1 aromatic heterocycles. The van der Waals surface area contributed by atoms with Crippen molar-refractivity contribution in [2.24, 2.45) is 5.73 Å². The Balaban J connectivity index is 1.85. The zero-order valence-electron chi connectivity index (χ0n) is 9.49. The summed E-state index contributed by atoms with van der Waals surface area (Å²) in [6, 6.07) is 9.55. The molecule has 0 bridgehead atoms. The van der Waals surface area contributed by atoms with Gasteiger partial charge in [0, 0.05) is 0 Å². The largest absolute Gasteiger partial charge is 0.485 e. The number of hydrogen-bond acceptors (Lipinski definition) is 5. The summed E-state index contributed by atoms with van der Waals surface area (Å²) < 4.78 is 5.51. The molecular weight excluding hydrogens is 218 g/mol. The molecule has 2 rings (SSSR count). The third-order valence-electron chi connectivity index (χ3n) is 2.17. The molecule has 0 unspecified atom stereocenters. The lowest BCUT2D eigenvalue weighted by Crippen LogP contribution is -2.08. The maximum absolute atomic E-state index is 5.51. The molecule has 0 aliphatic heterocycles. The molecule has 6 nitrogen and oxygen atoms in total. The fraction of sp³-hybridized carbons (Fsp3) is 0.364. The molecule has 0 saturated heterocycles. The van der Waals surface area contributed by atoms with E-state index in [0.29, 0.717) is 25.5 Å². The topological polar surface area (TPSA) is 78.9 Å². The Kier molecular flexibility index (Phi) is 4.04. The van der Waals surface area contributed by atoms with E-state index in [2.05, 4.69) is 15.4 Å². The van der Waals surface area contributed by atoms with Crippen LogP contribution in [0.2, 0.25) is 0 Å². The van der Waals surface area contributed by atoms with Crippen LogP contribution in [0.25, 0.3) is 0 Å². The first kappa shape index (κ1) is 11.5. The van der Waals surface area contributed by atoms with Crippen LogP contribution in [0.15, 0.2) is 30.3 Å². The van der Waals surface area contributed by atoms with Gasteiger partial charge in [-0.05, 0) is 30.3 Å². The number of hydrogen-bond donors (Lipinski definition) is 1. The molecule has 0 atom stereocenters. The molecule has 2 N–H and O–H groups in total. The zero-order valence-corrected chi connectivity index (χ0v) is 9.49. The van der Waals surface area contributed by atoms with Crippen molar-refractivity contribution in [3.8, 4) is 5.75 Å². The van der Waals surface area contributed by atoms with E-state index in [1.54, 1.807) is 0 Å². The molecule has 0 fully saturated rings. The second kappa shape index (κ2) is 5.95. The molecule has 2 aromatic rings. The van der Waals surface area contributed by atoms with Crippen molar-refractivity contribution in [2.75, 3.05) is 6.54 Å². The number of benzene rings is 1. The Morgan fingerprint density at radius 3 is 2.82 bits per heavy atom. The van der Waals surface area contributed by atoms with E-state index in [-0.39, 0.29) is 0 Å². The fourth-order valence-electron chi connectivity index (χ4n) is 1.33. The summed E-state index contributed by atoms with van der Waals surface area (Å²) in [6.07, 6.45) is 0.843. The first-order chi connectivity index (χ1) is 8.38. The van der Waals surface area contributed by atoms with Crippen LogP contribution in [0.5, 0.6) is 5.75 Å². The predicted octanol–water partition coefficient (Wildman–Crippen LogP) is 0.601. The summed E-state index contributed by atoms with van der Waals surface area (Å²) in [7, 11) is 0. The van der Waals surface area contributed by atoms with Gasteiger partial charge in [-0.25, -0.2) is 0 Å². The summed E-state index contributed by atoms with van der Waals surface area (Å²) in [5, 5.41) is 12.0. The number of aromatic nitrogens is 4. The highest BCUT2D eigenvalue weighted by Gasteiger charge is 2.03. The van der Waals surface area contributed by atoms with Crippen molar-refractivity contribution in [3.05, 3.63) is 36.2 Å². The smallest absolute Gasteiger partial charge is 0.212 e. The first-order valence-electron chi connectivity index (χ1n) is 5.53. The third kappa shape index (κ3) is 3.53. The van der Waals surface area contributed by atoms with Crippen molar-refractivity contribution in [1.82, 2.24) is 20.2 Å². The number of nitrogens with two attached hydrogens (primary N) is 1. The predicted molar refractivity (Wildman–Crippen MR) is 62.3 cm³/mol. The van der Waals surface area contributed by atoms with Crippen LogP contribution in [-0.2, 0) is 13.2 Å². The molecule has 1 aromatic carbocycles. The molecule has 90 valence electrons. The Bertz CT molecular complexity index is 442. The van der Waals surface area contributed by atoms with Crippen LogP contribution < -0.4 is 10.5 Å². The minimum absolute atomic E-state index is 0.326. The van der Waals surface area contributed by atoms with Crippen LogP contribution in [0.1, 0.15) is 12.2 Å². The Hall–Kier alpha value is -1.95. The number of tetrazole rings is 1. The van der Waals surface area contributed by atoms with Crippen molar-refractivity contribution >= 4 is 0 Å². The van der Waals surface area contributed by atoms with E-state index >= 15 is 0 Å². The lowest BCUT2D eigenvalue weighted by atomic mass is 10.3. The number of ether oxygens (including phenoxy) is 1. The van der Waals surface area contributed by atoms with Gasteiger partial charge in [-0.3, -0.25) is 0 Å². The lowest BCUT2D eigenvalue weighted by Gasteiger charge is -2.01. The Labute approximate surface area is 99.4 Å². The zero-order chi connectivity index (χ0) is 11.9. The number of para-hydroxylation sites is 1. The molecule has 0 radical (unpaired) electrons. The van der Waals surface area contributed by atoms with Crippen LogP contribution in [0.3, 0.4) is 0 Å². The first-order valence-corrected chi connectivity index (χ1v) is 5.53. The van der Waals surface area contributed by atoms with Crippen molar-refractivity contribution in [3.63, 3.8) is 0 Å². The van der Waals surface area contributed by atoms with Gasteiger partial charge < -0.3 is 10.5 Å². The van der Waals surface area contributed by atoms with E-state index in [9.17, 15) is 0 Å². The van der Waals surface area contributed by atoms with Gasteiger partial charge in [0.25, 0.3) is 0 Å². The second-order valence-corrected chi connectivity index (χ2v) is 3.55. The minimum Gasteiger partial charge on any atom is -0.485 e. The summed E-state index contributed by atoms with van der Waals surface area (Å²) >= 11 is 0. The normalized spacial score (nSPS) is 10.4. The highest BCUT2D eigenvalue weighted by Crippen LogP contribution is 2.09. The average molecular weight is 233 g/mol. The maximum Gasteiger partial charge on any atom is 0.212 e. The number of nitrogens with zero attached hydrogens (tertiary/aromatic N) is 4. The van der Waals surface area contributed by atoms with Crippen LogP contribution in [0.4, 0.5) is 0 Å². The molecule has 0 spiro atoms. The Morgan fingerprint density at radius 2 is 2.06 bits per heavy atom. The van der Waals surface area contributed by atoms with Crippen molar-refractivity contribution in [2.45, 2.75) is 19.6 Å². The van der Waals surface area contributed by atoms with Gasteiger partial charge in [-0.2, -0.15) is 4.80 Å². The molecule has 1 heterocycles. The molecule has 0 aliphatic rings. The minimum atomic E-state index is 0.326. The van der Waals surface area contributed by atoms with Gasteiger partial charge >= 0.3 is 0 Å². The van der Waals surface area contributed by atoms with Gasteiger partial charge in [0.15, 0.2) is 6.61 Å². The second-order valence-electron chi connectivity index (χ2n) is 3.55. The van der Waals surface area contributed by atoms with Crippen LogP contribution in [0, 0.1) is 0 Å². The highest BCUT2D eigenvalue weighted by atomic mass is 16.5. The molecule has 6 heteroatoms. The lowest BCUT2D eigenvalue weighted by molar-refractivity contribution is 0.295. The van der Waals surface area contributed by atoms with Gasteiger partial charge in [0.2, 0.25) is 5.82 Å². The third-order valence-corrected chi connectivity index (χ3v) is 2.17. The highest BCUT2D eigenvalue weighted by molar-refractivity contribution is 5.20. The monoisotopic (exact) mass is 233 g/mol. The number of aryl methyl sites for hydroxylation is 1. The quantitative estimate of drug-likeness (QED) is 0.790. The SMILES string of the molecule is NCCCn1nnc(COc2ccccc2)n1. The summed E-state index contributed by atoms with van der Waals surface area (Å²) in [6.45, 7) is 1.64. The standard InChI is InChI=1S/C11H15N5O/c12-7-4-8-16-14-11(13-15-16)9-17-10-5-2-1-3-6-10/h1-3,5-6H,4,7-9,12H2. The molecule has 0 amide bonds. The van der Waals surface area contributed by atoms with Crippen molar-refractivity contribution in [1.29, 1.82) is 0 Å². The van der Waals surface area contributed by atoms with E-state index < -0.39 is 0 Å². The van der Waals surface area contributed by atoms with Crippen molar-refractivity contribution < 1.29 is 4.74 Å². The summed E-state index contributed by atoms with van der Waals surface area (Å²) in [5.41, 5.74) is 5.40. The van der Waals surface area contributed by atoms with Gasteiger partial charge in [0.1, 0.15) is 5.75 Å². The van der Waals surface area contributed by atoms with Gasteiger partial charge in [-0.1, -0.05) is 18.2 Å². The summed E-state index contributed by atoms with van der Waals surface area (Å²) in [4.78, 5) is 1.54. The van der Waals surface area contributed by atoms with E-state index in [4.69, 9.17) is 10.5 Å². The molecular formula is C11H15N5O. The summed E-state index contributed by atoms with van der Waals surface area (Å²) in [5.74, 6) is 1.37. The maximum atomic E-state index is 5.51. The molecule has 0 saturated carbocycles. The fourth-order valence-corrected chi connectivity index (χ4v) is 1.33. The van der Waals surface area contributed by atoms with Gasteiger partial charge in [0.05, 0.1) is 6.54 Å². The Morgan fingerprint density at radius 1 is 1.24 bits per heavy atom. The van der Waals surface area contributed by atoms with Crippen LogP contribution in [-0.4, -0.2) is 26.8 Å². The van der Waals surface area contributed by atoms with E-state index in [1.165, 1.54) is 4.80 Å². The molecule has 17 heavy (non-hydrogen) atoms. The van der Waals surface area contributed by atoms with Gasteiger partial charge in [-0.15, -0.1) is 10.2 Å². The molecule has 0 aliphatic carbocycles. The number of rotatable bonds is 6. The average Bonchev–Trinajstić information content (AvgIpc) is 2.83. The van der Waals surface area contributed by atoms with E-state index in [0.717, 1.165) is 12.2 Å².